The van der Waals surface area contributed by atoms with E-state index < -0.39 is 23.8 Å². The molecule has 1 heterocycles. The van der Waals surface area contributed by atoms with Crippen molar-refractivity contribution in [3.63, 3.8) is 0 Å². The molecule has 10 nitrogen and oxygen atoms in total. The van der Waals surface area contributed by atoms with Crippen LogP contribution in [0.15, 0.2) is 77.9 Å². The van der Waals surface area contributed by atoms with E-state index in [2.05, 4.69) is 15.8 Å². The standard InChI is InChI=1S/C30H31Cl2FN6O4/c1-30(2)27(39(43)28(41)35-24-14-8-21(31)9-15-24)38(25-16-10-22(32)11-17-25)29(42)37(30)18-4-3-5-26(40)36-34-19-20-6-12-23(33)13-7-20/h6-17,19,27,43H,3-5,18H2,1-2H3,(H,35,41)(H,36,40)/b34-19+/t27-/m0/s1. The van der Waals surface area contributed by atoms with Gasteiger partial charge < -0.3 is 10.2 Å². The number of hydrazone groups is 1. The number of halogens is 3. The fourth-order valence-electron chi connectivity index (χ4n) is 4.75. The Hall–Kier alpha value is -4.19. The molecule has 226 valence electrons. The molecule has 1 fully saturated rings. The quantitative estimate of drug-likeness (QED) is 0.0999. The lowest BCUT2D eigenvalue weighted by molar-refractivity contribution is -0.121. The fraction of sp³-hybridized carbons (Fsp3) is 0.267. The maximum atomic E-state index is 13.8. The summed E-state index contributed by atoms with van der Waals surface area (Å²) >= 11 is 12.0. The van der Waals surface area contributed by atoms with Crippen LogP contribution in [0, 0.1) is 5.82 Å². The first kappa shape index (κ1) is 31.7. The summed E-state index contributed by atoms with van der Waals surface area (Å²) in [4.78, 5) is 42.1. The second-order valence-electron chi connectivity index (χ2n) is 10.4. The van der Waals surface area contributed by atoms with Gasteiger partial charge in [0.1, 0.15) is 5.82 Å². The van der Waals surface area contributed by atoms with Gasteiger partial charge in [-0.25, -0.2) is 19.4 Å². The third-order valence-electron chi connectivity index (χ3n) is 6.96. The summed E-state index contributed by atoms with van der Waals surface area (Å²) in [5.41, 5.74) is 2.86. The van der Waals surface area contributed by atoms with E-state index in [1.807, 2.05) is 0 Å². The largest absolute Gasteiger partial charge is 0.347 e. The molecule has 1 aliphatic heterocycles. The van der Waals surface area contributed by atoms with E-state index in [0.29, 0.717) is 44.9 Å². The van der Waals surface area contributed by atoms with Crippen LogP contribution in [0.2, 0.25) is 10.0 Å². The SMILES string of the molecule is CC1(C)[C@H](N(O)C(=O)Nc2ccc(Cl)cc2)N(c2ccc(Cl)cc2)C(=O)N1CCCCC(=O)N/N=C/c1ccc(F)cc1. The first-order chi connectivity index (χ1) is 20.5. The van der Waals surface area contributed by atoms with E-state index >= 15 is 0 Å². The van der Waals surface area contributed by atoms with Gasteiger partial charge in [0.25, 0.3) is 0 Å². The van der Waals surface area contributed by atoms with Crippen LogP contribution in [0.25, 0.3) is 0 Å². The molecule has 1 aliphatic rings. The van der Waals surface area contributed by atoms with Crippen molar-refractivity contribution < 1.29 is 24.0 Å². The number of nitrogens with zero attached hydrogens (tertiary/aromatic N) is 4. The molecule has 0 spiro atoms. The highest BCUT2D eigenvalue weighted by Gasteiger charge is 2.55. The topological polar surface area (TPSA) is 118 Å². The monoisotopic (exact) mass is 628 g/mol. The summed E-state index contributed by atoms with van der Waals surface area (Å²) in [6.07, 6.45) is 1.37. The Morgan fingerprint density at radius 3 is 2.23 bits per heavy atom. The van der Waals surface area contributed by atoms with Gasteiger partial charge in [0, 0.05) is 34.4 Å². The van der Waals surface area contributed by atoms with Crippen molar-refractivity contribution in [2.24, 2.45) is 5.10 Å². The Kier molecular flexibility index (Phi) is 10.2. The molecule has 0 saturated carbocycles. The fourth-order valence-corrected chi connectivity index (χ4v) is 5.00. The Morgan fingerprint density at radius 1 is 1.00 bits per heavy atom. The number of hydrogen-bond acceptors (Lipinski definition) is 5. The van der Waals surface area contributed by atoms with Crippen molar-refractivity contribution in [3.05, 3.63) is 94.2 Å². The lowest BCUT2D eigenvalue weighted by Gasteiger charge is -2.38. The van der Waals surface area contributed by atoms with Crippen molar-refractivity contribution in [1.82, 2.24) is 15.4 Å². The van der Waals surface area contributed by atoms with Crippen molar-refractivity contribution in [2.75, 3.05) is 16.8 Å². The number of hydrogen-bond donors (Lipinski definition) is 3. The molecule has 1 saturated heterocycles. The number of rotatable bonds is 10. The van der Waals surface area contributed by atoms with Crippen molar-refractivity contribution in [3.8, 4) is 0 Å². The van der Waals surface area contributed by atoms with Gasteiger partial charge in [-0.15, -0.1) is 0 Å². The molecular weight excluding hydrogens is 598 g/mol. The minimum Gasteiger partial charge on any atom is -0.315 e. The predicted molar refractivity (Wildman–Crippen MR) is 164 cm³/mol. The molecule has 13 heteroatoms. The van der Waals surface area contributed by atoms with Crippen LogP contribution in [0.1, 0.15) is 38.7 Å². The summed E-state index contributed by atoms with van der Waals surface area (Å²) in [6.45, 7) is 3.76. The minimum absolute atomic E-state index is 0.156. The third-order valence-corrected chi connectivity index (χ3v) is 7.46. The van der Waals surface area contributed by atoms with Crippen molar-refractivity contribution >= 4 is 58.8 Å². The Morgan fingerprint density at radius 2 is 1.60 bits per heavy atom. The maximum Gasteiger partial charge on any atom is 0.347 e. The summed E-state index contributed by atoms with van der Waals surface area (Å²) < 4.78 is 13.0. The number of anilines is 2. The van der Waals surface area contributed by atoms with Gasteiger partial charge in [-0.3, -0.25) is 14.9 Å². The van der Waals surface area contributed by atoms with Gasteiger partial charge in [-0.05, 0) is 92.9 Å². The molecule has 0 unspecified atom stereocenters. The second-order valence-corrected chi connectivity index (χ2v) is 11.3. The highest BCUT2D eigenvalue weighted by Crippen LogP contribution is 2.38. The molecule has 3 aromatic carbocycles. The molecule has 43 heavy (non-hydrogen) atoms. The van der Waals surface area contributed by atoms with E-state index in [1.54, 1.807) is 67.3 Å². The van der Waals surface area contributed by atoms with Crippen LogP contribution < -0.4 is 15.6 Å². The molecule has 0 bridgehead atoms. The number of carbonyl (C=O) groups is 3. The second kappa shape index (κ2) is 13.9. The zero-order valence-electron chi connectivity index (χ0n) is 23.5. The molecule has 5 amide bonds. The summed E-state index contributed by atoms with van der Waals surface area (Å²) in [6, 6.07) is 17.3. The summed E-state index contributed by atoms with van der Waals surface area (Å²) in [5, 5.41) is 19.1. The third kappa shape index (κ3) is 7.81. The molecule has 0 aliphatic carbocycles. The van der Waals surface area contributed by atoms with E-state index in [0.717, 1.165) is 0 Å². The number of unbranched alkanes of at least 4 members (excludes halogenated alkanes) is 1. The van der Waals surface area contributed by atoms with Gasteiger partial charge >= 0.3 is 12.1 Å². The summed E-state index contributed by atoms with van der Waals surface area (Å²) in [5.74, 6) is -0.678. The zero-order chi connectivity index (χ0) is 31.1. The van der Waals surface area contributed by atoms with Gasteiger partial charge in [-0.2, -0.15) is 10.2 Å². The highest BCUT2D eigenvalue weighted by molar-refractivity contribution is 6.31. The first-order valence-corrected chi connectivity index (χ1v) is 14.2. The van der Waals surface area contributed by atoms with Crippen molar-refractivity contribution in [2.45, 2.75) is 44.8 Å². The molecule has 3 aromatic rings. The lowest BCUT2D eigenvalue weighted by Crippen LogP contribution is -2.58. The maximum absolute atomic E-state index is 13.8. The Balaban J connectivity index is 1.42. The van der Waals surface area contributed by atoms with E-state index in [-0.39, 0.29) is 24.7 Å². The van der Waals surface area contributed by atoms with Crippen LogP contribution in [0.4, 0.5) is 25.4 Å². The molecule has 0 radical (unpaired) electrons. The first-order valence-electron chi connectivity index (χ1n) is 13.5. The number of nitrogens with one attached hydrogen (secondary N) is 2. The average Bonchev–Trinajstić information content (AvgIpc) is 3.17. The normalized spacial score (nSPS) is 16.0. The van der Waals surface area contributed by atoms with Gasteiger partial charge in [0.15, 0.2) is 6.17 Å². The minimum atomic E-state index is -1.11. The Labute approximate surface area is 258 Å². The van der Waals surface area contributed by atoms with Crippen LogP contribution in [-0.4, -0.2) is 57.6 Å². The smallest absolute Gasteiger partial charge is 0.315 e. The number of carbonyl (C=O) groups excluding carboxylic acids is 3. The molecule has 1 atom stereocenters. The van der Waals surface area contributed by atoms with Gasteiger partial charge in [0.05, 0.1) is 11.8 Å². The van der Waals surface area contributed by atoms with E-state index in [9.17, 15) is 24.0 Å². The van der Waals surface area contributed by atoms with E-state index in [4.69, 9.17) is 23.2 Å². The Bertz CT molecular complexity index is 1470. The lowest BCUT2D eigenvalue weighted by atomic mass is 9.99. The molecular formula is C30H31Cl2FN6O4. The van der Waals surface area contributed by atoms with Crippen LogP contribution >= 0.6 is 23.2 Å². The van der Waals surface area contributed by atoms with Crippen LogP contribution in [0.5, 0.6) is 0 Å². The zero-order valence-corrected chi connectivity index (χ0v) is 25.0. The number of benzene rings is 3. The molecule has 3 N–H and O–H groups in total. The van der Waals surface area contributed by atoms with Crippen LogP contribution in [0.3, 0.4) is 0 Å². The number of hydroxylamine groups is 2. The van der Waals surface area contributed by atoms with Crippen LogP contribution in [-0.2, 0) is 4.79 Å². The summed E-state index contributed by atoms with van der Waals surface area (Å²) in [7, 11) is 0. The number of amides is 5. The molecule has 0 aromatic heterocycles. The van der Waals surface area contributed by atoms with E-state index in [1.165, 1.54) is 35.4 Å². The van der Waals surface area contributed by atoms with Crippen molar-refractivity contribution in [1.29, 1.82) is 0 Å². The number of urea groups is 2. The predicted octanol–water partition coefficient (Wildman–Crippen LogP) is 6.72. The molecule has 4 rings (SSSR count). The highest BCUT2D eigenvalue weighted by atomic mass is 35.5. The average molecular weight is 630 g/mol. The van der Waals surface area contributed by atoms with Gasteiger partial charge in [-0.1, -0.05) is 35.3 Å². The van der Waals surface area contributed by atoms with Gasteiger partial charge in [0.2, 0.25) is 5.91 Å².